The number of hydrogen-bond donors (Lipinski definition) is 1. The van der Waals surface area contributed by atoms with Gasteiger partial charge in [0.25, 0.3) is 0 Å². The maximum Gasteiger partial charge on any atom is 0.0469 e. The van der Waals surface area contributed by atoms with E-state index in [4.69, 9.17) is 4.74 Å². The Hall–Kier alpha value is -0.0800. The van der Waals surface area contributed by atoms with Gasteiger partial charge >= 0.3 is 0 Å². The molecule has 0 aliphatic rings. The van der Waals surface area contributed by atoms with E-state index < -0.39 is 0 Å². The summed E-state index contributed by atoms with van der Waals surface area (Å²) < 4.78 is 5.68. The first-order chi connectivity index (χ1) is 7.85. The minimum atomic E-state index is 0.228. The van der Waals surface area contributed by atoms with Crippen LogP contribution in [0.25, 0.3) is 0 Å². The Balaban J connectivity index is 3.55. The molecule has 0 bridgehead atoms. The molecule has 1 atom stereocenters. The van der Waals surface area contributed by atoms with Gasteiger partial charge in [-0.3, -0.25) is 0 Å². The summed E-state index contributed by atoms with van der Waals surface area (Å²) in [7, 11) is 0. The number of hydrogen-bond acceptors (Lipinski definition) is 2. The van der Waals surface area contributed by atoms with E-state index in [2.05, 4.69) is 46.9 Å². The molecule has 2 nitrogen and oxygen atoms in total. The second-order valence-electron chi connectivity index (χ2n) is 6.49. The molecule has 0 rings (SSSR count). The molecule has 1 N–H and O–H groups in total. The van der Waals surface area contributed by atoms with E-state index in [1.165, 1.54) is 19.3 Å². The van der Waals surface area contributed by atoms with E-state index in [1.54, 1.807) is 0 Å². The number of rotatable bonds is 9. The van der Waals surface area contributed by atoms with Crippen LogP contribution < -0.4 is 5.32 Å². The van der Waals surface area contributed by atoms with Gasteiger partial charge in [0.1, 0.15) is 0 Å². The Morgan fingerprint density at radius 1 is 1.06 bits per heavy atom. The average molecular weight is 243 g/mol. The van der Waals surface area contributed by atoms with E-state index in [1.807, 2.05) is 0 Å². The van der Waals surface area contributed by atoms with Crippen LogP contribution in [-0.4, -0.2) is 25.3 Å². The quantitative estimate of drug-likeness (QED) is 0.621. The maximum atomic E-state index is 5.68. The van der Waals surface area contributed by atoms with Gasteiger partial charge in [0, 0.05) is 18.8 Å². The topological polar surface area (TPSA) is 21.3 Å². The zero-order chi connectivity index (χ0) is 13.3. The largest absolute Gasteiger partial charge is 0.381 e. The van der Waals surface area contributed by atoms with Gasteiger partial charge in [0.05, 0.1) is 0 Å². The van der Waals surface area contributed by atoms with Crippen molar-refractivity contribution in [1.82, 2.24) is 5.32 Å². The highest BCUT2D eigenvalue weighted by molar-refractivity contribution is 4.72. The normalized spacial score (nSPS) is 14.3. The molecule has 0 aromatic heterocycles. The predicted molar refractivity (Wildman–Crippen MR) is 76.4 cm³/mol. The van der Waals surface area contributed by atoms with Crippen LogP contribution in [0.15, 0.2) is 0 Å². The third kappa shape index (κ3) is 12.2. The fraction of sp³-hybridized carbons (Fsp3) is 1.00. The van der Waals surface area contributed by atoms with Crippen LogP contribution in [0.4, 0.5) is 0 Å². The fourth-order valence-corrected chi connectivity index (χ4v) is 1.57. The molecule has 0 fully saturated rings. The van der Waals surface area contributed by atoms with E-state index in [0.29, 0.717) is 0 Å². The molecule has 104 valence electrons. The van der Waals surface area contributed by atoms with Crippen molar-refractivity contribution in [2.75, 3.05) is 19.8 Å². The van der Waals surface area contributed by atoms with Crippen molar-refractivity contribution in [3.05, 3.63) is 0 Å². The van der Waals surface area contributed by atoms with Gasteiger partial charge in [-0.25, -0.2) is 0 Å². The molecule has 0 radical (unpaired) electrons. The Bertz CT molecular complexity index is 172. The standard InChI is InChI=1S/C15H33NO/c1-7-14(12-16-15(4,5)6)9-11-17-10-8-13(2)3/h13-14,16H,7-12H2,1-6H3. The van der Waals surface area contributed by atoms with Crippen LogP contribution in [0.5, 0.6) is 0 Å². The molecule has 17 heavy (non-hydrogen) atoms. The SMILES string of the molecule is CCC(CCOCCC(C)C)CNC(C)(C)C. The minimum absolute atomic E-state index is 0.228. The van der Waals surface area contributed by atoms with Crippen molar-refractivity contribution in [1.29, 1.82) is 0 Å². The van der Waals surface area contributed by atoms with Crippen molar-refractivity contribution in [2.45, 2.75) is 66.3 Å². The first kappa shape index (κ1) is 16.9. The van der Waals surface area contributed by atoms with Crippen molar-refractivity contribution >= 4 is 0 Å². The van der Waals surface area contributed by atoms with Crippen molar-refractivity contribution in [3.8, 4) is 0 Å². The summed E-state index contributed by atoms with van der Waals surface area (Å²) >= 11 is 0. The number of ether oxygens (including phenoxy) is 1. The van der Waals surface area contributed by atoms with Crippen LogP contribution in [-0.2, 0) is 4.74 Å². The Kier molecular flexibility index (Phi) is 8.89. The monoisotopic (exact) mass is 243 g/mol. The van der Waals surface area contributed by atoms with Gasteiger partial charge in [-0.05, 0) is 52.0 Å². The fourth-order valence-electron chi connectivity index (χ4n) is 1.57. The molecular weight excluding hydrogens is 210 g/mol. The molecule has 0 heterocycles. The van der Waals surface area contributed by atoms with Crippen LogP contribution in [0.3, 0.4) is 0 Å². The molecular formula is C15H33NO. The van der Waals surface area contributed by atoms with Gasteiger partial charge < -0.3 is 10.1 Å². The van der Waals surface area contributed by atoms with Gasteiger partial charge in [-0.15, -0.1) is 0 Å². The lowest BCUT2D eigenvalue weighted by molar-refractivity contribution is 0.109. The summed E-state index contributed by atoms with van der Waals surface area (Å²) in [5.74, 6) is 1.49. The van der Waals surface area contributed by atoms with Crippen LogP contribution in [0, 0.1) is 11.8 Å². The Morgan fingerprint density at radius 3 is 2.12 bits per heavy atom. The van der Waals surface area contributed by atoms with Crippen molar-refractivity contribution in [3.63, 3.8) is 0 Å². The predicted octanol–water partition coefficient (Wildman–Crippen LogP) is 3.85. The molecule has 0 aromatic rings. The van der Waals surface area contributed by atoms with E-state index in [0.717, 1.165) is 31.6 Å². The third-order valence-corrected chi connectivity index (χ3v) is 3.01. The molecule has 0 amide bonds. The zero-order valence-electron chi connectivity index (χ0n) is 12.8. The molecule has 0 spiro atoms. The van der Waals surface area contributed by atoms with Gasteiger partial charge in [0.2, 0.25) is 0 Å². The summed E-state index contributed by atoms with van der Waals surface area (Å²) in [6.45, 7) is 16.3. The van der Waals surface area contributed by atoms with Crippen LogP contribution >= 0.6 is 0 Å². The lowest BCUT2D eigenvalue weighted by atomic mass is 10.0. The highest BCUT2D eigenvalue weighted by Crippen LogP contribution is 2.10. The highest BCUT2D eigenvalue weighted by atomic mass is 16.5. The highest BCUT2D eigenvalue weighted by Gasteiger charge is 2.12. The average Bonchev–Trinajstić information content (AvgIpc) is 2.20. The lowest BCUT2D eigenvalue weighted by Gasteiger charge is -2.24. The molecule has 0 aromatic carbocycles. The summed E-state index contributed by atoms with van der Waals surface area (Å²) in [6, 6.07) is 0. The lowest BCUT2D eigenvalue weighted by Crippen LogP contribution is -2.39. The van der Waals surface area contributed by atoms with E-state index in [-0.39, 0.29) is 5.54 Å². The Morgan fingerprint density at radius 2 is 1.65 bits per heavy atom. The molecule has 0 saturated carbocycles. The second-order valence-corrected chi connectivity index (χ2v) is 6.49. The first-order valence-corrected chi connectivity index (χ1v) is 7.18. The second kappa shape index (κ2) is 8.93. The van der Waals surface area contributed by atoms with Crippen LogP contribution in [0.1, 0.15) is 60.8 Å². The molecule has 0 saturated heterocycles. The molecule has 2 heteroatoms. The minimum Gasteiger partial charge on any atom is -0.381 e. The summed E-state index contributed by atoms with van der Waals surface area (Å²) in [4.78, 5) is 0. The summed E-state index contributed by atoms with van der Waals surface area (Å²) in [5.41, 5.74) is 0.228. The Labute approximate surface area is 109 Å². The zero-order valence-corrected chi connectivity index (χ0v) is 12.8. The third-order valence-electron chi connectivity index (χ3n) is 3.01. The summed E-state index contributed by atoms with van der Waals surface area (Å²) in [5, 5.41) is 3.58. The van der Waals surface area contributed by atoms with Crippen LogP contribution in [0.2, 0.25) is 0 Å². The van der Waals surface area contributed by atoms with Gasteiger partial charge in [-0.2, -0.15) is 0 Å². The molecule has 1 unspecified atom stereocenters. The smallest absolute Gasteiger partial charge is 0.0469 e. The van der Waals surface area contributed by atoms with Crippen molar-refractivity contribution in [2.24, 2.45) is 11.8 Å². The molecule has 0 aliphatic carbocycles. The maximum absolute atomic E-state index is 5.68. The molecule has 0 aliphatic heterocycles. The van der Waals surface area contributed by atoms with Crippen molar-refractivity contribution < 1.29 is 4.74 Å². The van der Waals surface area contributed by atoms with E-state index in [9.17, 15) is 0 Å². The summed E-state index contributed by atoms with van der Waals surface area (Å²) in [6.07, 6.45) is 3.59. The van der Waals surface area contributed by atoms with Gasteiger partial charge in [0.15, 0.2) is 0 Å². The van der Waals surface area contributed by atoms with Gasteiger partial charge in [-0.1, -0.05) is 27.2 Å². The first-order valence-electron chi connectivity index (χ1n) is 7.18. The number of nitrogens with one attached hydrogen (secondary N) is 1. The van der Waals surface area contributed by atoms with E-state index >= 15 is 0 Å².